The van der Waals surface area contributed by atoms with Crippen LogP contribution in [0.25, 0.3) is 0 Å². The highest BCUT2D eigenvalue weighted by atomic mass is 32.2. The largest absolute Gasteiger partial charge is 0.480 e. The van der Waals surface area contributed by atoms with Crippen molar-refractivity contribution in [1.82, 2.24) is 4.90 Å². The fraction of sp³-hybridized carbons (Fsp3) is 0.231. The van der Waals surface area contributed by atoms with Gasteiger partial charge in [-0.15, -0.1) is 6.58 Å². The van der Waals surface area contributed by atoms with E-state index < -0.39 is 28.4 Å². The molecule has 0 saturated heterocycles. The van der Waals surface area contributed by atoms with Gasteiger partial charge in [-0.05, 0) is 24.3 Å². The van der Waals surface area contributed by atoms with E-state index in [1.165, 1.54) is 30.3 Å². The van der Waals surface area contributed by atoms with Crippen molar-refractivity contribution in [2.45, 2.75) is 0 Å². The number of carboxylic acids is 1. The Balaban J connectivity index is 2.90. The number of aliphatic carboxylic acids is 1. The number of anilines is 1. The van der Waals surface area contributed by atoms with Gasteiger partial charge in [0.05, 0.1) is 6.26 Å². The molecule has 1 rings (SSSR count). The van der Waals surface area contributed by atoms with E-state index in [9.17, 15) is 18.0 Å². The van der Waals surface area contributed by atoms with Gasteiger partial charge in [-0.3, -0.25) is 14.3 Å². The molecule has 1 amide bonds. The molecule has 0 aliphatic heterocycles. The quantitative estimate of drug-likeness (QED) is 0.724. The predicted octanol–water partition coefficient (Wildman–Crippen LogP) is 0.771. The minimum Gasteiger partial charge on any atom is -0.480 e. The summed E-state index contributed by atoms with van der Waals surface area (Å²) in [7, 11) is -3.39. The number of sulfonamides is 1. The van der Waals surface area contributed by atoms with Crippen LogP contribution in [0.15, 0.2) is 36.9 Å². The number of nitrogens with zero attached hydrogens (tertiary/aromatic N) is 1. The van der Waals surface area contributed by atoms with Gasteiger partial charge >= 0.3 is 5.97 Å². The summed E-state index contributed by atoms with van der Waals surface area (Å²) in [5.41, 5.74) is 0.583. The van der Waals surface area contributed by atoms with E-state index >= 15 is 0 Å². The van der Waals surface area contributed by atoms with Gasteiger partial charge in [-0.2, -0.15) is 0 Å². The summed E-state index contributed by atoms with van der Waals surface area (Å²) >= 11 is 0. The van der Waals surface area contributed by atoms with Crippen LogP contribution in [-0.4, -0.2) is 49.6 Å². The zero-order chi connectivity index (χ0) is 16.0. The Hall–Kier alpha value is -2.35. The van der Waals surface area contributed by atoms with E-state index in [0.717, 1.165) is 11.2 Å². The van der Waals surface area contributed by atoms with E-state index in [2.05, 4.69) is 11.3 Å². The SMILES string of the molecule is C=CCN(CC(=O)O)C(=O)c1ccc(NS(C)(=O)=O)cc1. The van der Waals surface area contributed by atoms with Crippen LogP contribution in [0.2, 0.25) is 0 Å². The zero-order valence-electron chi connectivity index (χ0n) is 11.4. The molecular formula is C13H16N2O5S. The maximum absolute atomic E-state index is 12.1. The molecule has 114 valence electrons. The van der Waals surface area contributed by atoms with Crippen molar-refractivity contribution in [3.05, 3.63) is 42.5 Å². The number of carbonyl (C=O) groups excluding carboxylic acids is 1. The Morgan fingerprint density at radius 3 is 2.33 bits per heavy atom. The maximum Gasteiger partial charge on any atom is 0.323 e. The van der Waals surface area contributed by atoms with Gasteiger partial charge in [0.25, 0.3) is 5.91 Å². The second kappa shape index (κ2) is 6.89. The molecule has 0 aromatic heterocycles. The van der Waals surface area contributed by atoms with Crippen molar-refractivity contribution in [3.8, 4) is 0 Å². The van der Waals surface area contributed by atoms with Gasteiger partial charge in [0.15, 0.2) is 0 Å². The second-order valence-corrected chi connectivity index (χ2v) is 6.07. The second-order valence-electron chi connectivity index (χ2n) is 4.32. The van der Waals surface area contributed by atoms with Gasteiger partial charge in [0.2, 0.25) is 10.0 Å². The highest BCUT2D eigenvalue weighted by Gasteiger charge is 2.17. The van der Waals surface area contributed by atoms with Crippen LogP contribution in [0.4, 0.5) is 5.69 Å². The van der Waals surface area contributed by atoms with Gasteiger partial charge < -0.3 is 10.0 Å². The Labute approximate surface area is 122 Å². The monoisotopic (exact) mass is 312 g/mol. The van der Waals surface area contributed by atoms with Crippen molar-refractivity contribution in [1.29, 1.82) is 0 Å². The van der Waals surface area contributed by atoms with Crippen LogP contribution < -0.4 is 4.72 Å². The fourth-order valence-corrected chi connectivity index (χ4v) is 2.18. The molecule has 7 nitrogen and oxygen atoms in total. The summed E-state index contributed by atoms with van der Waals surface area (Å²) in [6.45, 7) is 3.14. The minimum absolute atomic E-state index is 0.106. The molecule has 0 spiro atoms. The van der Waals surface area contributed by atoms with Crippen LogP contribution in [0, 0.1) is 0 Å². The average molecular weight is 312 g/mol. The molecule has 0 unspecified atom stereocenters. The first-order valence-electron chi connectivity index (χ1n) is 5.93. The van der Waals surface area contributed by atoms with Gasteiger partial charge in [-0.25, -0.2) is 8.42 Å². The van der Waals surface area contributed by atoms with E-state index in [0.29, 0.717) is 5.69 Å². The minimum atomic E-state index is -3.39. The van der Waals surface area contributed by atoms with Crippen LogP contribution in [-0.2, 0) is 14.8 Å². The summed E-state index contributed by atoms with van der Waals surface area (Å²) in [6.07, 6.45) is 2.45. The molecule has 0 fully saturated rings. The van der Waals surface area contributed by atoms with Crippen molar-refractivity contribution in [2.24, 2.45) is 0 Å². The number of amides is 1. The molecule has 0 bridgehead atoms. The van der Waals surface area contributed by atoms with Crippen molar-refractivity contribution >= 4 is 27.6 Å². The number of hydrogen-bond donors (Lipinski definition) is 2. The molecule has 0 atom stereocenters. The van der Waals surface area contributed by atoms with E-state index in [1.807, 2.05) is 0 Å². The number of benzene rings is 1. The molecule has 0 saturated carbocycles. The molecule has 2 N–H and O–H groups in total. The molecule has 0 aliphatic rings. The molecule has 1 aromatic carbocycles. The smallest absolute Gasteiger partial charge is 0.323 e. The van der Waals surface area contributed by atoms with Gasteiger partial charge in [0.1, 0.15) is 6.54 Å². The summed E-state index contributed by atoms with van der Waals surface area (Å²) in [5, 5.41) is 8.77. The third kappa shape index (κ3) is 5.65. The highest BCUT2D eigenvalue weighted by molar-refractivity contribution is 7.92. The lowest BCUT2D eigenvalue weighted by Gasteiger charge is -2.19. The van der Waals surface area contributed by atoms with Crippen LogP contribution in [0.3, 0.4) is 0 Å². The fourth-order valence-electron chi connectivity index (χ4n) is 1.62. The van der Waals surface area contributed by atoms with E-state index in [1.54, 1.807) is 0 Å². The lowest BCUT2D eigenvalue weighted by atomic mass is 10.2. The van der Waals surface area contributed by atoms with Crippen molar-refractivity contribution < 1.29 is 23.1 Å². The Morgan fingerprint density at radius 2 is 1.90 bits per heavy atom. The lowest BCUT2D eigenvalue weighted by molar-refractivity contribution is -0.137. The first-order valence-corrected chi connectivity index (χ1v) is 7.82. The molecule has 0 heterocycles. The maximum atomic E-state index is 12.1. The predicted molar refractivity (Wildman–Crippen MR) is 78.6 cm³/mol. The summed E-state index contributed by atoms with van der Waals surface area (Å²) < 4.78 is 24.4. The molecule has 0 radical (unpaired) electrons. The third-order valence-electron chi connectivity index (χ3n) is 2.40. The summed E-state index contributed by atoms with van der Waals surface area (Å²) in [6, 6.07) is 5.71. The first-order chi connectivity index (χ1) is 9.73. The number of carbonyl (C=O) groups is 2. The Morgan fingerprint density at radius 1 is 1.33 bits per heavy atom. The van der Waals surface area contributed by atoms with Crippen LogP contribution >= 0.6 is 0 Å². The molecule has 8 heteroatoms. The Bertz CT molecular complexity index is 637. The number of carboxylic acid groups (broad SMARTS) is 1. The topological polar surface area (TPSA) is 104 Å². The van der Waals surface area contributed by atoms with Gasteiger partial charge in [0, 0.05) is 17.8 Å². The first kappa shape index (κ1) is 16.7. The normalized spacial score (nSPS) is 10.7. The number of nitrogens with one attached hydrogen (secondary N) is 1. The van der Waals surface area contributed by atoms with E-state index in [4.69, 9.17) is 5.11 Å². The number of hydrogen-bond acceptors (Lipinski definition) is 4. The van der Waals surface area contributed by atoms with Gasteiger partial charge in [-0.1, -0.05) is 6.08 Å². The van der Waals surface area contributed by atoms with Crippen LogP contribution in [0.1, 0.15) is 10.4 Å². The summed E-state index contributed by atoms with van der Waals surface area (Å²) in [4.78, 5) is 24.0. The summed E-state index contributed by atoms with van der Waals surface area (Å²) in [5.74, 6) is -1.59. The lowest BCUT2D eigenvalue weighted by Crippen LogP contribution is -2.35. The molecule has 1 aromatic rings. The van der Waals surface area contributed by atoms with Crippen LogP contribution in [0.5, 0.6) is 0 Å². The van der Waals surface area contributed by atoms with Crippen molar-refractivity contribution in [2.75, 3.05) is 24.1 Å². The molecule has 21 heavy (non-hydrogen) atoms. The Kier molecular flexibility index (Phi) is 5.48. The number of rotatable bonds is 7. The standard InChI is InChI=1S/C13H16N2O5S/c1-3-8-15(9-12(16)17)13(18)10-4-6-11(7-5-10)14-21(2,19)20/h3-7,14H,1,8-9H2,2H3,(H,16,17). The zero-order valence-corrected chi connectivity index (χ0v) is 12.3. The third-order valence-corrected chi connectivity index (χ3v) is 3.00. The molecule has 0 aliphatic carbocycles. The highest BCUT2D eigenvalue weighted by Crippen LogP contribution is 2.12. The molecular weight excluding hydrogens is 296 g/mol. The van der Waals surface area contributed by atoms with E-state index in [-0.39, 0.29) is 12.1 Å². The average Bonchev–Trinajstić information content (AvgIpc) is 2.36. The van der Waals surface area contributed by atoms with Crippen molar-refractivity contribution in [3.63, 3.8) is 0 Å².